The molecular formula is C9H9N3OS. The number of aromatic nitrogens is 3. The molecule has 14 heavy (non-hydrogen) atoms. The Morgan fingerprint density at radius 3 is 2.86 bits per heavy atom. The number of carbonyl (C=O) groups is 1. The van der Waals surface area contributed by atoms with Crippen LogP contribution in [0.2, 0.25) is 0 Å². The van der Waals surface area contributed by atoms with Crippen molar-refractivity contribution in [3.05, 3.63) is 34.0 Å². The molecule has 2 heterocycles. The second kappa shape index (κ2) is 3.34. The van der Waals surface area contributed by atoms with E-state index in [4.69, 9.17) is 0 Å². The van der Waals surface area contributed by atoms with Crippen molar-refractivity contribution in [1.82, 2.24) is 14.8 Å². The minimum absolute atomic E-state index is 0.0504. The standard InChI is InChI=1S/C9H9N3OS/c1-6-9(14-5-10-6)8(13)7-3-4-12(2)11-7/h3-5H,1-2H3. The summed E-state index contributed by atoms with van der Waals surface area (Å²) in [6.45, 7) is 1.83. The van der Waals surface area contributed by atoms with E-state index in [9.17, 15) is 4.79 Å². The average molecular weight is 207 g/mol. The molecule has 2 aromatic heterocycles. The van der Waals surface area contributed by atoms with Gasteiger partial charge in [0.25, 0.3) is 0 Å². The fourth-order valence-electron chi connectivity index (χ4n) is 1.17. The molecule has 0 atom stereocenters. The van der Waals surface area contributed by atoms with Crippen LogP contribution >= 0.6 is 11.3 Å². The first-order valence-electron chi connectivity index (χ1n) is 4.13. The zero-order valence-corrected chi connectivity index (χ0v) is 8.71. The zero-order valence-electron chi connectivity index (χ0n) is 7.89. The summed E-state index contributed by atoms with van der Waals surface area (Å²) in [7, 11) is 1.79. The van der Waals surface area contributed by atoms with Gasteiger partial charge in [-0.3, -0.25) is 9.48 Å². The normalized spacial score (nSPS) is 10.4. The van der Waals surface area contributed by atoms with Crippen molar-refractivity contribution in [1.29, 1.82) is 0 Å². The van der Waals surface area contributed by atoms with E-state index in [1.165, 1.54) is 11.3 Å². The van der Waals surface area contributed by atoms with Crippen molar-refractivity contribution in [2.45, 2.75) is 6.92 Å². The van der Waals surface area contributed by atoms with E-state index < -0.39 is 0 Å². The molecule has 0 saturated carbocycles. The first-order valence-corrected chi connectivity index (χ1v) is 5.01. The molecule has 0 amide bonds. The summed E-state index contributed by atoms with van der Waals surface area (Å²) in [6.07, 6.45) is 1.75. The summed E-state index contributed by atoms with van der Waals surface area (Å²) < 4.78 is 1.61. The van der Waals surface area contributed by atoms with Gasteiger partial charge in [0.15, 0.2) is 0 Å². The van der Waals surface area contributed by atoms with Crippen molar-refractivity contribution in [3.8, 4) is 0 Å². The summed E-state index contributed by atoms with van der Waals surface area (Å²) in [4.78, 5) is 16.5. The number of aryl methyl sites for hydroxylation is 2. The van der Waals surface area contributed by atoms with Crippen molar-refractivity contribution in [2.75, 3.05) is 0 Å². The van der Waals surface area contributed by atoms with Crippen LogP contribution < -0.4 is 0 Å². The highest BCUT2D eigenvalue weighted by Gasteiger charge is 2.15. The Morgan fingerprint density at radius 2 is 2.36 bits per heavy atom. The van der Waals surface area contributed by atoms with Gasteiger partial charge in [0, 0.05) is 13.2 Å². The highest BCUT2D eigenvalue weighted by atomic mass is 32.1. The second-order valence-corrected chi connectivity index (χ2v) is 3.83. The largest absolute Gasteiger partial charge is 0.286 e. The van der Waals surface area contributed by atoms with Gasteiger partial charge in [-0.25, -0.2) is 4.98 Å². The highest BCUT2D eigenvalue weighted by Crippen LogP contribution is 2.16. The molecule has 2 rings (SSSR count). The van der Waals surface area contributed by atoms with Crippen molar-refractivity contribution < 1.29 is 4.79 Å². The Morgan fingerprint density at radius 1 is 1.57 bits per heavy atom. The lowest BCUT2D eigenvalue weighted by Gasteiger charge is -1.93. The number of nitrogens with zero attached hydrogens (tertiary/aromatic N) is 3. The predicted octanol–water partition coefficient (Wildman–Crippen LogP) is 1.42. The van der Waals surface area contributed by atoms with E-state index in [0.29, 0.717) is 10.6 Å². The Bertz CT molecular complexity index is 472. The number of rotatable bonds is 2. The van der Waals surface area contributed by atoms with Gasteiger partial charge in [-0.15, -0.1) is 11.3 Å². The van der Waals surface area contributed by atoms with E-state index in [1.807, 2.05) is 6.92 Å². The van der Waals surface area contributed by atoms with Crippen LogP contribution in [0.15, 0.2) is 17.8 Å². The topological polar surface area (TPSA) is 47.8 Å². The predicted molar refractivity (Wildman–Crippen MR) is 53.5 cm³/mol. The molecule has 0 saturated heterocycles. The molecule has 4 nitrogen and oxygen atoms in total. The maximum Gasteiger partial charge on any atom is 0.225 e. The highest BCUT2D eigenvalue weighted by molar-refractivity contribution is 7.12. The summed E-state index contributed by atoms with van der Waals surface area (Å²) >= 11 is 1.35. The molecule has 0 aliphatic rings. The molecule has 5 heteroatoms. The first-order chi connectivity index (χ1) is 6.68. The number of hydrogen-bond donors (Lipinski definition) is 0. The van der Waals surface area contributed by atoms with Crippen LogP contribution in [-0.2, 0) is 7.05 Å². The molecule has 72 valence electrons. The SMILES string of the molecule is Cc1ncsc1C(=O)c1ccn(C)n1. The molecule has 0 aromatic carbocycles. The fraction of sp³-hybridized carbons (Fsp3) is 0.222. The number of carbonyl (C=O) groups excluding carboxylic acids is 1. The fourth-order valence-corrected chi connectivity index (χ4v) is 1.92. The minimum atomic E-state index is -0.0504. The first kappa shape index (κ1) is 9.08. The minimum Gasteiger partial charge on any atom is -0.286 e. The molecule has 0 aliphatic heterocycles. The molecule has 0 radical (unpaired) electrons. The number of ketones is 1. The van der Waals surface area contributed by atoms with Crippen LogP contribution in [0.3, 0.4) is 0 Å². The van der Waals surface area contributed by atoms with Gasteiger partial charge in [-0.2, -0.15) is 5.10 Å². The van der Waals surface area contributed by atoms with Crippen LogP contribution in [0.4, 0.5) is 0 Å². The summed E-state index contributed by atoms with van der Waals surface area (Å²) in [5.74, 6) is -0.0504. The van der Waals surface area contributed by atoms with Crippen molar-refractivity contribution >= 4 is 17.1 Å². The molecule has 0 bridgehead atoms. The zero-order chi connectivity index (χ0) is 10.1. The Hall–Kier alpha value is -1.49. The molecule has 0 unspecified atom stereocenters. The molecule has 0 N–H and O–H groups in total. The van der Waals surface area contributed by atoms with E-state index >= 15 is 0 Å². The smallest absolute Gasteiger partial charge is 0.225 e. The van der Waals surface area contributed by atoms with E-state index in [2.05, 4.69) is 10.1 Å². The molecular weight excluding hydrogens is 198 g/mol. The van der Waals surface area contributed by atoms with Crippen LogP contribution in [0.5, 0.6) is 0 Å². The lowest BCUT2D eigenvalue weighted by Crippen LogP contribution is -2.02. The number of hydrogen-bond acceptors (Lipinski definition) is 4. The second-order valence-electron chi connectivity index (χ2n) is 2.97. The average Bonchev–Trinajstić information content (AvgIpc) is 2.73. The van der Waals surface area contributed by atoms with Gasteiger partial charge in [-0.1, -0.05) is 0 Å². The third kappa shape index (κ3) is 1.46. The van der Waals surface area contributed by atoms with E-state index in [1.54, 1.807) is 29.5 Å². The monoisotopic (exact) mass is 207 g/mol. The van der Waals surface area contributed by atoms with Crippen LogP contribution in [0.25, 0.3) is 0 Å². The van der Waals surface area contributed by atoms with Crippen LogP contribution in [0.1, 0.15) is 21.1 Å². The Kier molecular flexibility index (Phi) is 2.17. The number of thiazole rings is 1. The molecule has 0 aliphatic carbocycles. The van der Waals surface area contributed by atoms with Gasteiger partial charge < -0.3 is 0 Å². The summed E-state index contributed by atoms with van der Waals surface area (Å²) in [6, 6.07) is 1.71. The third-order valence-electron chi connectivity index (χ3n) is 1.90. The lowest BCUT2D eigenvalue weighted by atomic mass is 10.2. The van der Waals surface area contributed by atoms with Crippen molar-refractivity contribution in [3.63, 3.8) is 0 Å². The van der Waals surface area contributed by atoms with Gasteiger partial charge in [-0.05, 0) is 13.0 Å². The molecule has 0 fully saturated rings. The van der Waals surface area contributed by atoms with Crippen LogP contribution in [0, 0.1) is 6.92 Å². The Labute approximate surface area is 85.2 Å². The quantitative estimate of drug-likeness (QED) is 0.700. The maximum atomic E-state index is 11.8. The molecule has 0 spiro atoms. The van der Waals surface area contributed by atoms with Gasteiger partial charge in [0.05, 0.1) is 16.1 Å². The maximum absolute atomic E-state index is 11.8. The third-order valence-corrected chi connectivity index (χ3v) is 2.83. The van der Waals surface area contributed by atoms with E-state index in [-0.39, 0.29) is 5.78 Å². The van der Waals surface area contributed by atoms with E-state index in [0.717, 1.165) is 5.69 Å². The van der Waals surface area contributed by atoms with Crippen LogP contribution in [-0.4, -0.2) is 20.5 Å². The lowest BCUT2D eigenvalue weighted by molar-refractivity contribution is 0.103. The van der Waals surface area contributed by atoms with Crippen molar-refractivity contribution in [2.24, 2.45) is 7.05 Å². The Balaban J connectivity index is 2.38. The van der Waals surface area contributed by atoms with Gasteiger partial charge in [0.2, 0.25) is 5.78 Å². The summed E-state index contributed by atoms with van der Waals surface area (Å²) in [5.41, 5.74) is 2.91. The van der Waals surface area contributed by atoms with Gasteiger partial charge >= 0.3 is 0 Å². The van der Waals surface area contributed by atoms with Gasteiger partial charge in [0.1, 0.15) is 5.69 Å². The summed E-state index contributed by atoms with van der Waals surface area (Å²) in [5, 5.41) is 4.05. The molecule has 2 aromatic rings.